The van der Waals surface area contributed by atoms with Crippen LogP contribution in [0.25, 0.3) is 0 Å². The van der Waals surface area contributed by atoms with E-state index in [9.17, 15) is 9.59 Å². The van der Waals surface area contributed by atoms with Gasteiger partial charge in [-0.3, -0.25) is 9.59 Å². The summed E-state index contributed by atoms with van der Waals surface area (Å²) in [5, 5.41) is 10.3. The number of nitrogens with zero attached hydrogens (tertiary/aromatic N) is 5. The van der Waals surface area contributed by atoms with E-state index in [1.54, 1.807) is 23.0 Å². The minimum absolute atomic E-state index is 0.0980. The number of amides is 2. The summed E-state index contributed by atoms with van der Waals surface area (Å²) in [6.45, 7) is 5.65. The average Bonchev–Trinajstić information content (AvgIpc) is 3.09. The molecule has 1 aromatic carbocycles. The molecule has 0 fully saturated rings. The fourth-order valence-electron chi connectivity index (χ4n) is 3.85. The van der Waals surface area contributed by atoms with Crippen molar-refractivity contribution in [3.05, 3.63) is 65.4 Å². The van der Waals surface area contributed by atoms with Crippen molar-refractivity contribution in [1.29, 1.82) is 0 Å². The fraction of sp³-hybridized carbons (Fsp3) is 0.318. The van der Waals surface area contributed by atoms with Gasteiger partial charge >= 0.3 is 0 Å². The van der Waals surface area contributed by atoms with Crippen LogP contribution in [0.5, 0.6) is 0 Å². The second-order valence-corrected chi connectivity index (χ2v) is 7.74. The van der Waals surface area contributed by atoms with Gasteiger partial charge in [0.05, 0.1) is 11.6 Å². The number of carbonyl (C=O) groups excluding carboxylic acids is 2. The Hall–Kier alpha value is -3.75. The molecule has 0 saturated carbocycles. The number of aromatic nitrogens is 4. The zero-order valence-electron chi connectivity index (χ0n) is 18.0. The summed E-state index contributed by atoms with van der Waals surface area (Å²) >= 11 is 0. The van der Waals surface area contributed by atoms with Gasteiger partial charge in [-0.25, -0.2) is 14.6 Å². The Morgan fingerprint density at radius 1 is 1.23 bits per heavy atom. The third-order valence-corrected chi connectivity index (χ3v) is 5.34. The fourth-order valence-corrected chi connectivity index (χ4v) is 3.85. The Balaban J connectivity index is 1.42. The predicted molar refractivity (Wildman–Crippen MR) is 117 cm³/mol. The van der Waals surface area contributed by atoms with Crippen LogP contribution in [0.1, 0.15) is 53.1 Å². The number of benzene rings is 1. The second kappa shape index (κ2) is 8.17. The van der Waals surface area contributed by atoms with Crippen LogP contribution in [0.15, 0.2) is 42.6 Å². The molecule has 9 nitrogen and oxygen atoms in total. The van der Waals surface area contributed by atoms with Gasteiger partial charge in [-0.1, -0.05) is 12.1 Å². The quantitative estimate of drug-likeness (QED) is 0.659. The van der Waals surface area contributed by atoms with Gasteiger partial charge in [-0.15, -0.1) is 0 Å². The van der Waals surface area contributed by atoms with E-state index in [4.69, 9.17) is 0 Å². The minimum atomic E-state index is -0.335. The molecule has 3 heterocycles. The maximum absolute atomic E-state index is 12.5. The highest BCUT2D eigenvalue weighted by molar-refractivity contribution is 6.01. The summed E-state index contributed by atoms with van der Waals surface area (Å²) in [6, 6.07) is 10.8. The Bertz CT molecular complexity index is 1120. The van der Waals surface area contributed by atoms with Crippen LogP contribution < -0.4 is 15.5 Å². The summed E-state index contributed by atoms with van der Waals surface area (Å²) in [7, 11) is 1.89. The summed E-state index contributed by atoms with van der Waals surface area (Å²) in [6.07, 6.45) is 1.63. The van der Waals surface area contributed by atoms with E-state index in [1.165, 1.54) is 0 Å². The average molecular weight is 419 g/mol. The van der Waals surface area contributed by atoms with Gasteiger partial charge in [0.2, 0.25) is 5.91 Å². The van der Waals surface area contributed by atoms with Gasteiger partial charge in [0.1, 0.15) is 23.6 Å². The SMILES string of the molecule is Cc1nc(C)n(C(C)CC(=O)Nc2ccc(C3NC(=O)c4cccnc4N3C)cc2)n1. The van der Waals surface area contributed by atoms with Gasteiger partial charge in [0.25, 0.3) is 5.91 Å². The van der Waals surface area contributed by atoms with Crippen LogP contribution in [0.3, 0.4) is 0 Å². The number of hydrogen-bond acceptors (Lipinski definition) is 6. The van der Waals surface area contributed by atoms with E-state index in [0.717, 1.165) is 11.4 Å². The molecule has 0 aliphatic carbocycles. The predicted octanol–water partition coefficient (Wildman–Crippen LogP) is 2.76. The Morgan fingerprint density at radius 3 is 2.65 bits per heavy atom. The lowest BCUT2D eigenvalue weighted by molar-refractivity contribution is -0.116. The van der Waals surface area contributed by atoms with Crippen molar-refractivity contribution in [1.82, 2.24) is 25.1 Å². The molecule has 0 bridgehead atoms. The smallest absolute Gasteiger partial charge is 0.256 e. The Morgan fingerprint density at radius 2 is 1.97 bits per heavy atom. The molecule has 1 aliphatic rings. The molecule has 0 spiro atoms. The molecule has 2 N–H and O–H groups in total. The summed E-state index contributed by atoms with van der Waals surface area (Å²) in [5.41, 5.74) is 2.14. The van der Waals surface area contributed by atoms with Crippen LogP contribution in [0.4, 0.5) is 11.5 Å². The van der Waals surface area contributed by atoms with Gasteiger partial charge < -0.3 is 15.5 Å². The molecular weight excluding hydrogens is 394 g/mol. The number of rotatable bonds is 5. The first-order valence-corrected chi connectivity index (χ1v) is 10.1. The van der Waals surface area contributed by atoms with Gasteiger partial charge in [0.15, 0.2) is 0 Å². The Labute approximate surface area is 180 Å². The number of hydrogen-bond donors (Lipinski definition) is 2. The molecule has 0 saturated heterocycles. The number of fused-ring (bicyclic) bond motifs is 1. The summed E-state index contributed by atoms with van der Waals surface area (Å²) < 4.78 is 1.77. The van der Waals surface area contributed by atoms with E-state index < -0.39 is 0 Å². The Kier molecular flexibility index (Phi) is 5.41. The summed E-state index contributed by atoms with van der Waals surface area (Å²) in [4.78, 5) is 35.5. The van der Waals surface area contributed by atoms with E-state index in [2.05, 4.69) is 25.7 Å². The number of pyridine rings is 1. The summed E-state index contributed by atoms with van der Waals surface area (Å²) in [5.74, 6) is 1.86. The first-order valence-electron chi connectivity index (χ1n) is 10.1. The van der Waals surface area contributed by atoms with Gasteiger partial charge in [-0.05, 0) is 50.6 Å². The minimum Gasteiger partial charge on any atom is -0.335 e. The molecule has 160 valence electrons. The van der Waals surface area contributed by atoms with Crippen LogP contribution in [0.2, 0.25) is 0 Å². The van der Waals surface area contributed by atoms with Crippen molar-refractivity contribution in [2.45, 2.75) is 39.4 Å². The lowest BCUT2D eigenvalue weighted by Gasteiger charge is -2.35. The molecule has 2 unspecified atom stereocenters. The largest absolute Gasteiger partial charge is 0.335 e. The van der Waals surface area contributed by atoms with Crippen molar-refractivity contribution in [2.75, 3.05) is 17.3 Å². The number of nitrogens with one attached hydrogen (secondary N) is 2. The molecule has 4 rings (SSSR count). The molecule has 31 heavy (non-hydrogen) atoms. The van der Waals surface area contributed by atoms with Crippen molar-refractivity contribution in [2.24, 2.45) is 0 Å². The highest BCUT2D eigenvalue weighted by Gasteiger charge is 2.30. The van der Waals surface area contributed by atoms with Crippen LogP contribution in [-0.4, -0.2) is 38.6 Å². The maximum Gasteiger partial charge on any atom is 0.256 e. The highest BCUT2D eigenvalue weighted by Crippen LogP contribution is 2.30. The molecule has 9 heteroatoms. The first-order chi connectivity index (χ1) is 14.8. The zero-order valence-corrected chi connectivity index (χ0v) is 18.0. The molecule has 2 aromatic heterocycles. The van der Waals surface area contributed by atoms with Gasteiger partial charge in [0, 0.05) is 25.4 Å². The van der Waals surface area contributed by atoms with Crippen molar-refractivity contribution >= 4 is 23.3 Å². The lowest BCUT2D eigenvalue weighted by Crippen LogP contribution is -2.45. The van der Waals surface area contributed by atoms with Crippen LogP contribution >= 0.6 is 0 Å². The number of carbonyl (C=O) groups is 2. The highest BCUT2D eigenvalue weighted by atomic mass is 16.2. The van der Waals surface area contributed by atoms with E-state index >= 15 is 0 Å². The van der Waals surface area contributed by atoms with E-state index in [0.29, 0.717) is 22.9 Å². The zero-order chi connectivity index (χ0) is 22.1. The van der Waals surface area contributed by atoms with Crippen LogP contribution in [-0.2, 0) is 4.79 Å². The molecule has 3 aromatic rings. The standard InChI is InChI=1S/C22H25N7O2/c1-13(29-15(3)24-14(2)27-29)12-19(30)25-17-9-7-16(8-10-17)20-26-22(31)18-6-5-11-23-21(18)28(20)4/h5-11,13,20H,12H2,1-4H3,(H,25,30)(H,26,31). The topological polar surface area (TPSA) is 105 Å². The van der Waals surface area contributed by atoms with E-state index in [1.807, 2.05) is 57.0 Å². The molecule has 0 radical (unpaired) electrons. The number of aryl methyl sites for hydroxylation is 2. The van der Waals surface area contributed by atoms with Gasteiger partial charge in [-0.2, -0.15) is 5.10 Å². The third-order valence-electron chi connectivity index (χ3n) is 5.34. The van der Waals surface area contributed by atoms with Crippen molar-refractivity contribution in [3.63, 3.8) is 0 Å². The second-order valence-electron chi connectivity index (χ2n) is 7.74. The van der Waals surface area contributed by atoms with Crippen LogP contribution in [0, 0.1) is 13.8 Å². The molecule has 2 amide bonds. The molecular formula is C22H25N7O2. The maximum atomic E-state index is 12.5. The van der Waals surface area contributed by atoms with E-state index in [-0.39, 0.29) is 30.4 Å². The third kappa shape index (κ3) is 4.11. The lowest BCUT2D eigenvalue weighted by atomic mass is 10.1. The number of anilines is 2. The molecule has 2 atom stereocenters. The van der Waals surface area contributed by atoms with Crippen molar-refractivity contribution < 1.29 is 9.59 Å². The molecule has 1 aliphatic heterocycles. The first kappa shape index (κ1) is 20.5. The van der Waals surface area contributed by atoms with Crippen molar-refractivity contribution in [3.8, 4) is 0 Å². The normalized spacial score (nSPS) is 16.5. The monoisotopic (exact) mass is 419 g/mol.